The van der Waals surface area contributed by atoms with E-state index in [1.165, 1.54) is 7.11 Å². The average molecular weight is 220 g/mol. The van der Waals surface area contributed by atoms with Crippen LogP contribution in [0.3, 0.4) is 0 Å². The topological polar surface area (TPSA) is 35.5 Å². The lowest BCUT2D eigenvalue weighted by Gasteiger charge is -2.04. The van der Waals surface area contributed by atoms with Crippen molar-refractivity contribution in [1.82, 2.24) is 0 Å². The second kappa shape index (κ2) is 6.80. The van der Waals surface area contributed by atoms with Crippen LogP contribution >= 0.6 is 0 Å². The van der Waals surface area contributed by atoms with Crippen molar-refractivity contribution in [3.8, 4) is 0 Å². The third-order valence-electron chi connectivity index (χ3n) is 2.17. The van der Waals surface area contributed by atoms with E-state index in [4.69, 9.17) is 4.74 Å². The Morgan fingerprint density at radius 2 is 1.94 bits per heavy atom. The summed E-state index contributed by atoms with van der Waals surface area (Å²) in [7, 11) is 2.92. The van der Waals surface area contributed by atoms with Crippen molar-refractivity contribution in [3.05, 3.63) is 47.5 Å². The van der Waals surface area contributed by atoms with E-state index in [-0.39, 0.29) is 12.6 Å². The summed E-state index contributed by atoms with van der Waals surface area (Å²) in [6, 6.07) is 9.93. The SMILES string of the molecule is COCC(=CCc1ccccc1)C(=O)OC. The Morgan fingerprint density at radius 1 is 1.25 bits per heavy atom. The van der Waals surface area contributed by atoms with Crippen LogP contribution in [0.1, 0.15) is 5.56 Å². The number of ether oxygens (including phenoxy) is 2. The molecule has 3 heteroatoms. The van der Waals surface area contributed by atoms with Crippen LogP contribution in [-0.4, -0.2) is 26.8 Å². The van der Waals surface area contributed by atoms with E-state index in [1.807, 2.05) is 36.4 Å². The highest BCUT2D eigenvalue weighted by Crippen LogP contribution is 2.05. The molecule has 0 unspecified atom stereocenters. The second-order valence-electron chi connectivity index (χ2n) is 3.34. The van der Waals surface area contributed by atoms with Gasteiger partial charge >= 0.3 is 5.97 Å². The number of esters is 1. The Balaban J connectivity index is 2.68. The van der Waals surface area contributed by atoms with Gasteiger partial charge in [-0.1, -0.05) is 36.4 Å². The highest BCUT2D eigenvalue weighted by molar-refractivity contribution is 5.88. The van der Waals surface area contributed by atoms with E-state index >= 15 is 0 Å². The molecule has 3 nitrogen and oxygen atoms in total. The van der Waals surface area contributed by atoms with Crippen molar-refractivity contribution in [1.29, 1.82) is 0 Å². The molecule has 1 aromatic rings. The van der Waals surface area contributed by atoms with Gasteiger partial charge in [-0.3, -0.25) is 0 Å². The lowest BCUT2D eigenvalue weighted by Crippen LogP contribution is -2.10. The number of allylic oxidation sites excluding steroid dienone is 1. The van der Waals surface area contributed by atoms with Gasteiger partial charge in [-0.05, 0) is 12.0 Å². The molecule has 0 radical (unpaired) electrons. The standard InChI is InChI=1S/C13H16O3/c1-15-10-12(13(14)16-2)9-8-11-6-4-3-5-7-11/h3-7,9H,8,10H2,1-2H3. The van der Waals surface area contributed by atoms with Crippen molar-refractivity contribution >= 4 is 5.97 Å². The zero-order chi connectivity index (χ0) is 11.8. The first-order valence-electron chi connectivity index (χ1n) is 5.08. The molecule has 16 heavy (non-hydrogen) atoms. The normalized spacial score (nSPS) is 11.2. The first-order chi connectivity index (χ1) is 7.77. The summed E-state index contributed by atoms with van der Waals surface area (Å²) in [5.41, 5.74) is 1.70. The lowest BCUT2D eigenvalue weighted by atomic mass is 10.1. The fourth-order valence-electron chi connectivity index (χ4n) is 1.34. The Hall–Kier alpha value is -1.61. The summed E-state index contributed by atoms with van der Waals surface area (Å²) in [5.74, 6) is -0.335. The zero-order valence-electron chi connectivity index (χ0n) is 9.60. The van der Waals surface area contributed by atoms with Gasteiger partial charge in [0.25, 0.3) is 0 Å². The molecule has 0 aliphatic carbocycles. The predicted molar refractivity (Wildman–Crippen MR) is 62.1 cm³/mol. The quantitative estimate of drug-likeness (QED) is 0.562. The van der Waals surface area contributed by atoms with E-state index in [0.29, 0.717) is 12.0 Å². The van der Waals surface area contributed by atoms with E-state index in [9.17, 15) is 4.79 Å². The van der Waals surface area contributed by atoms with Gasteiger partial charge in [0.05, 0.1) is 19.3 Å². The zero-order valence-corrected chi connectivity index (χ0v) is 9.60. The molecule has 1 aromatic carbocycles. The summed E-state index contributed by atoms with van der Waals surface area (Å²) in [4.78, 5) is 11.4. The molecule has 0 bridgehead atoms. The van der Waals surface area contributed by atoms with Gasteiger partial charge in [0.1, 0.15) is 0 Å². The summed E-state index contributed by atoms with van der Waals surface area (Å²) in [5, 5.41) is 0. The van der Waals surface area contributed by atoms with Crippen LogP contribution in [0.5, 0.6) is 0 Å². The number of rotatable bonds is 5. The van der Waals surface area contributed by atoms with Crippen LogP contribution in [0, 0.1) is 0 Å². The van der Waals surface area contributed by atoms with E-state index in [1.54, 1.807) is 7.11 Å². The van der Waals surface area contributed by atoms with Crippen LogP contribution in [0.15, 0.2) is 42.0 Å². The molecule has 0 N–H and O–H groups in total. The molecule has 0 saturated heterocycles. The van der Waals surface area contributed by atoms with Crippen LogP contribution in [-0.2, 0) is 20.7 Å². The number of carbonyl (C=O) groups excluding carboxylic acids is 1. The maximum absolute atomic E-state index is 11.4. The minimum absolute atomic E-state index is 0.277. The summed E-state index contributed by atoms with van der Waals surface area (Å²) < 4.78 is 9.61. The van der Waals surface area contributed by atoms with E-state index in [2.05, 4.69) is 4.74 Å². The van der Waals surface area contributed by atoms with Crippen LogP contribution in [0.2, 0.25) is 0 Å². The molecule has 0 saturated carbocycles. The van der Waals surface area contributed by atoms with Crippen molar-refractivity contribution in [2.45, 2.75) is 6.42 Å². The van der Waals surface area contributed by atoms with Crippen molar-refractivity contribution in [2.75, 3.05) is 20.8 Å². The largest absolute Gasteiger partial charge is 0.466 e. The number of hydrogen-bond acceptors (Lipinski definition) is 3. The molecule has 0 fully saturated rings. The molecule has 0 atom stereocenters. The predicted octanol–water partition coefficient (Wildman–Crippen LogP) is 1.97. The molecule has 0 heterocycles. The van der Waals surface area contributed by atoms with Gasteiger partial charge in [-0.2, -0.15) is 0 Å². The summed E-state index contributed by atoms with van der Waals surface area (Å²) >= 11 is 0. The van der Waals surface area contributed by atoms with Gasteiger partial charge in [0.15, 0.2) is 0 Å². The molecule has 0 amide bonds. The third-order valence-corrected chi connectivity index (χ3v) is 2.17. The number of carbonyl (C=O) groups is 1. The average Bonchev–Trinajstić information content (AvgIpc) is 2.34. The number of methoxy groups -OCH3 is 2. The van der Waals surface area contributed by atoms with Gasteiger partial charge in [0.2, 0.25) is 0 Å². The summed E-state index contributed by atoms with van der Waals surface area (Å²) in [6.07, 6.45) is 2.54. The Kier molecular flexibility index (Phi) is 5.29. The van der Waals surface area contributed by atoms with E-state index < -0.39 is 0 Å². The Morgan fingerprint density at radius 3 is 2.50 bits per heavy atom. The smallest absolute Gasteiger partial charge is 0.335 e. The van der Waals surface area contributed by atoms with Gasteiger partial charge in [0, 0.05) is 7.11 Å². The third kappa shape index (κ3) is 3.87. The van der Waals surface area contributed by atoms with Crippen LogP contribution < -0.4 is 0 Å². The maximum Gasteiger partial charge on any atom is 0.335 e. The Bertz CT molecular complexity index is 355. The monoisotopic (exact) mass is 220 g/mol. The first-order valence-corrected chi connectivity index (χ1v) is 5.08. The van der Waals surface area contributed by atoms with Crippen LogP contribution in [0.4, 0.5) is 0 Å². The minimum atomic E-state index is -0.335. The fourth-order valence-corrected chi connectivity index (χ4v) is 1.34. The molecule has 1 rings (SSSR count). The van der Waals surface area contributed by atoms with Crippen molar-refractivity contribution < 1.29 is 14.3 Å². The second-order valence-corrected chi connectivity index (χ2v) is 3.34. The minimum Gasteiger partial charge on any atom is -0.466 e. The molecular formula is C13H16O3. The summed E-state index contributed by atoms with van der Waals surface area (Å²) in [6.45, 7) is 0.277. The van der Waals surface area contributed by atoms with Crippen molar-refractivity contribution in [2.24, 2.45) is 0 Å². The fraction of sp³-hybridized carbons (Fsp3) is 0.308. The van der Waals surface area contributed by atoms with Gasteiger partial charge in [-0.15, -0.1) is 0 Å². The molecule has 0 spiro atoms. The molecule has 0 aliphatic rings. The number of hydrogen-bond donors (Lipinski definition) is 0. The highest BCUT2D eigenvalue weighted by Gasteiger charge is 2.08. The van der Waals surface area contributed by atoms with Gasteiger partial charge < -0.3 is 9.47 Å². The highest BCUT2D eigenvalue weighted by atomic mass is 16.5. The maximum atomic E-state index is 11.4. The molecule has 0 aliphatic heterocycles. The lowest BCUT2D eigenvalue weighted by molar-refractivity contribution is -0.136. The molecule has 0 aromatic heterocycles. The van der Waals surface area contributed by atoms with Gasteiger partial charge in [-0.25, -0.2) is 4.79 Å². The Labute approximate surface area is 95.7 Å². The van der Waals surface area contributed by atoms with Crippen molar-refractivity contribution in [3.63, 3.8) is 0 Å². The first kappa shape index (κ1) is 12.5. The van der Waals surface area contributed by atoms with E-state index in [0.717, 1.165) is 5.56 Å². The van der Waals surface area contributed by atoms with Crippen LogP contribution in [0.25, 0.3) is 0 Å². The molecular weight excluding hydrogens is 204 g/mol. The molecule has 86 valence electrons. The number of benzene rings is 1.